The van der Waals surface area contributed by atoms with Crippen LogP contribution in [0.5, 0.6) is 11.8 Å². The molecule has 0 unspecified atom stereocenters. The van der Waals surface area contributed by atoms with Gasteiger partial charge in [0, 0.05) is 42.8 Å². The van der Waals surface area contributed by atoms with Crippen molar-refractivity contribution in [3.05, 3.63) is 160 Å². The van der Waals surface area contributed by atoms with E-state index in [0.717, 1.165) is 48.2 Å². The van der Waals surface area contributed by atoms with Crippen LogP contribution in [0.2, 0.25) is 0 Å². The molecule has 1 aliphatic heterocycles. The molecule has 7 aromatic rings. The van der Waals surface area contributed by atoms with Crippen molar-refractivity contribution in [2.45, 2.75) is 96.1 Å². The van der Waals surface area contributed by atoms with Crippen LogP contribution >= 0.6 is 15.9 Å². The number of aliphatic imine (C=N–C) groups is 1. The first-order valence-corrected chi connectivity index (χ1v) is 24.6. The number of rotatable bonds is 13. The van der Waals surface area contributed by atoms with E-state index in [0.29, 0.717) is 82.6 Å². The van der Waals surface area contributed by atoms with Gasteiger partial charge in [0.1, 0.15) is 11.6 Å². The number of pyridine rings is 2. The number of halogens is 7. The largest absolute Gasteiger partial charge is 0.477 e. The maximum Gasteiger partial charge on any atom is 0.416 e. The van der Waals surface area contributed by atoms with Crippen LogP contribution in [0.4, 0.5) is 32.2 Å². The number of alkyl halides is 7. The fourth-order valence-electron chi connectivity index (χ4n) is 7.94. The normalized spacial score (nSPS) is 14.3. The molecule has 6 heterocycles. The van der Waals surface area contributed by atoms with Crippen LogP contribution in [0.1, 0.15) is 98.8 Å². The number of hydrogen-bond acceptors (Lipinski definition) is 10. The predicted molar refractivity (Wildman–Crippen MR) is 265 cm³/mol. The molecule has 0 radical (unpaired) electrons. The van der Waals surface area contributed by atoms with Crippen molar-refractivity contribution in [2.24, 2.45) is 16.8 Å². The summed E-state index contributed by atoms with van der Waals surface area (Å²) in [6.07, 6.45) is -0.478. The minimum absolute atomic E-state index is 0.0420. The molecule has 0 saturated heterocycles. The molecule has 10 rings (SSSR count). The lowest BCUT2D eigenvalue weighted by molar-refractivity contribution is -0.138. The second-order valence-electron chi connectivity index (χ2n) is 18.4. The third-order valence-electron chi connectivity index (χ3n) is 12.1. The van der Waals surface area contributed by atoms with E-state index in [1.807, 2.05) is 26.0 Å². The number of aromatic amines is 2. The van der Waals surface area contributed by atoms with Gasteiger partial charge in [0.2, 0.25) is 11.8 Å². The van der Waals surface area contributed by atoms with Gasteiger partial charge in [-0.25, -0.2) is 29.5 Å². The van der Waals surface area contributed by atoms with E-state index in [1.165, 1.54) is 46.2 Å². The Bertz CT molecular complexity index is 3390. The van der Waals surface area contributed by atoms with E-state index in [9.17, 15) is 45.5 Å². The predicted octanol–water partition coefficient (Wildman–Crippen LogP) is 9.96. The van der Waals surface area contributed by atoms with Gasteiger partial charge >= 0.3 is 23.7 Å². The van der Waals surface area contributed by atoms with Gasteiger partial charge in [0.25, 0.3) is 11.1 Å². The fraction of sp³-hybridized carbons (Fsp3) is 0.373. The zero-order valence-electron chi connectivity index (χ0n) is 40.0. The molecule has 22 heteroatoms. The minimum atomic E-state index is -4.46. The van der Waals surface area contributed by atoms with Crippen LogP contribution in [-0.2, 0) is 30.6 Å². The molecular weight excluding hydrogens is 1030 g/mol. The first kappa shape index (κ1) is 52.2. The molecule has 0 amide bonds. The van der Waals surface area contributed by atoms with Crippen LogP contribution in [0.25, 0.3) is 22.6 Å². The number of benzene rings is 2. The summed E-state index contributed by atoms with van der Waals surface area (Å²) < 4.78 is 91.5. The fourth-order valence-corrected chi connectivity index (χ4v) is 8.31. The highest BCUT2D eigenvalue weighted by Crippen LogP contribution is 2.36. The summed E-state index contributed by atoms with van der Waals surface area (Å²) in [7, 11) is 0. The van der Waals surface area contributed by atoms with Gasteiger partial charge in [-0.15, -0.1) is 0 Å². The molecule has 15 nitrogen and oxygen atoms in total. The summed E-state index contributed by atoms with van der Waals surface area (Å²) in [5.74, 6) is 2.73. The van der Waals surface area contributed by atoms with Gasteiger partial charge in [0.15, 0.2) is 11.2 Å². The quantitative estimate of drug-likeness (QED) is 0.0838. The number of hydrogen-bond donors (Lipinski definition) is 2. The average Bonchev–Trinajstić information content (AvgIpc) is 4.28. The maximum atomic E-state index is 13.1. The van der Waals surface area contributed by atoms with Gasteiger partial charge in [-0.2, -0.15) is 26.3 Å². The van der Waals surface area contributed by atoms with E-state index in [2.05, 4.69) is 45.8 Å². The third-order valence-corrected chi connectivity index (χ3v) is 12.8. The van der Waals surface area contributed by atoms with E-state index in [1.54, 1.807) is 42.9 Å². The molecule has 2 aliphatic carbocycles. The highest BCUT2D eigenvalue weighted by atomic mass is 79.9. The molecule has 5 aromatic heterocycles. The number of H-pyrrole nitrogens is 2. The highest BCUT2D eigenvalue weighted by molar-refractivity contribution is 9.08. The summed E-state index contributed by atoms with van der Waals surface area (Å²) in [5, 5.41) is 0.575. The van der Waals surface area contributed by atoms with Gasteiger partial charge in [-0.1, -0.05) is 40.2 Å². The molecule has 0 bridgehead atoms. The van der Waals surface area contributed by atoms with Gasteiger partial charge in [-0.05, 0) is 125 Å². The SMILES string of the molecule is CC(C)n1c(=O)[nH]c(=O)c2c1nc(-c1cccnc1OCC1CC1)n2Cc1ccc(C(F)(F)F)cc1.CC(C)n1c2c(c(=O)[nH]c1=O)CC(c1cccnc1OCC1CC1)=N2.FC(F)(F)c1ccc(CBr)cc1. The number of nitrogens with one attached hydrogen (secondary N) is 2. The number of imidazole rings is 1. The molecule has 0 spiro atoms. The second-order valence-corrected chi connectivity index (χ2v) is 19.0. The minimum Gasteiger partial charge on any atom is -0.477 e. The Morgan fingerprint density at radius 2 is 1.16 bits per heavy atom. The first-order valence-electron chi connectivity index (χ1n) is 23.5. The molecule has 2 aromatic carbocycles. The molecule has 2 fully saturated rings. The average molecular weight is 1080 g/mol. The number of aromatic nitrogens is 8. The zero-order chi connectivity index (χ0) is 52.4. The lowest BCUT2D eigenvalue weighted by atomic mass is 10.1. The van der Waals surface area contributed by atoms with Crippen molar-refractivity contribution < 1.29 is 35.8 Å². The molecule has 384 valence electrons. The summed E-state index contributed by atoms with van der Waals surface area (Å²) in [6.45, 7) is 8.57. The highest BCUT2D eigenvalue weighted by Gasteiger charge is 2.32. The van der Waals surface area contributed by atoms with Crippen LogP contribution < -0.4 is 32.0 Å². The topological polar surface area (TPSA) is 184 Å². The van der Waals surface area contributed by atoms with E-state index < -0.39 is 40.4 Å². The Morgan fingerprint density at radius 1 is 0.671 bits per heavy atom. The van der Waals surface area contributed by atoms with Gasteiger partial charge < -0.3 is 14.0 Å². The Hall–Kier alpha value is -7.10. The lowest BCUT2D eigenvalue weighted by Crippen LogP contribution is -2.32. The van der Waals surface area contributed by atoms with Gasteiger partial charge in [0.05, 0.1) is 46.7 Å². The Kier molecular flexibility index (Phi) is 15.4. The van der Waals surface area contributed by atoms with E-state index >= 15 is 0 Å². The molecule has 3 aliphatic rings. The lowest BCUT2D eigenvalue weighted by Gasteiger charge is -2.13. The Balaban J connectivity index is 0.000000165. The third kappa shape index (κ3) is 12.2. The number of ether oxygens (including phenoxy) is 2. The van der Waals surface area contributed by atoms with Crippen molar-refractivity contribution in [1.82, 2.24) is 38.6 Å². The van der Waals surface area contributed by atoms with Crippen molar-refractivity contribution in [2.75, 3.05) is 13.2 Å². The van der Waals surface area contributed by atoms with Crippen LogP contribution in [0, 0.1) is 11.8 Å². The standard InChI is InChI=1S/C25H24F3N5O3.C18H20N4O3.C8H6BrF3/c1-14(2)33-21-19(22(34)31-24(33)35)32(12-15-7-9-17(10-8-15)25(26,27)28)20(30-21)18-4-3-11-29-23(18)36-13-16-5-6-16;1-10(2)22-15-13(16(23)21-18(22)24)8-14(20-15)12-4-3-7-19-17(12)25-9-11-5-6-11;9-5-6-1-3-7(4-2-6)8(10,11)12/h3-4,7-11,14,16H,5-6,12-13H2,1-2H3,(H,31,34,35);3-4,7,10-11H,5-6,8-9H2,1-2H3,(H,21,23,24);1-4H,5H2. The summed E-state index contributed by atoms with van der Waals surface area (Å²) >= 11 is 3.15. The van der Waals surface area contributed by atoms with Crippen molar-refractivity contribution >= 4 is 38.6 Å². The molecule has 2 saturated carbocycles. The number of nitrogens with zero attached hydrogens (tertiary/aromatic N) is 7. The van der Waals surface area contributed by atoms with Crippen LogP contribution in [0.3, 0.4) is 0 Å². The van der Waals surface area contributed by atoms with E-state index in [4.69, 9.17) is 9.47 Å². The molecule has 73 heavy (non-hydrogen) atoms. The second kappa shape index (κ2) is 21.5. The number of fused-ring (bicyclic) bond motifs is 2. The monoisotopic (exact) mass is 1080 g/mol. The van der Waals surface area contributed by atoms with Crippen molar-refractivity contribution in [3.63, 3.8) is 0 Å². The van der Waals surface area contributed by atoms with E-state index in [-0.39, 0.29) is 35.4 Å². The first-order chi connectivity index (χ1) is 34.7. The summed E-state index contributed by atoms with van der Waals surface area (Å²) in [6, 6.07) is 16.6. The zero-order valence-corrected chi connectivity index (χ0v) is 41.6. The molecule has 0 atom stereocenters. The molecule has 2 N–H and O–H groups in total. The van der Waals surface area contributed by atoms with Crippen LogP contribution in [-0.4, -0.2) is 57.5 Å². The summed E-state index contributed by atoms with van der Waals surface area (Å²) in [5.41, 5.74) is 0.783. The van der Waals surface area contributed by atoms with Crippen molar-refractivity contribution in [3.8, 4) is 23.1 Å². The summed E-state index contributed by atoms with van der Waals surface area (Å²) in [4.78, 5) is 72.7. The Labute approximate surface area is 421 Å². The van der Waals surface area contributed by atoms with Crippen molar-refractivity contribution in [1.29, 1.82) is 0 Å². The maximum absolute atomic E-state index is 13.1. The molecular formula is C51H50BrF6N9O6. The van der Waals surface area contributed by atoms with Crippen LogP contribution in [0.15, 0.2) is 109 Å². The smallest absolute Gasteiger partial charge is 0.416 e. The Morgan fingerprint density at radius 3 is 1.67 bits per heavy atom. The van der Waals surface area contributed by atoms with Gasteiger partial charge in [-0.3, -0.25) is 28.7 Å².